The molecular formula is C16H21N3S. The minimum Gasteiger partial charge on any atom is -0.271 e. The standard InChI is InChI=1S/C16H21N3S/c1-11-5-6-12-10-13(7-8-14(12)18-11)16(19-17)15-4-2-3-9-20-15/h5-8,10,15-16,19H,2-4,9,17H2,1H3. The average molecular weight is 287 g/mol. The van der Waals surface area contributed by atoms with Crippen molar-refractivity contribution in [3.8, 4) is 0 Å². The second-order valence-corrected chi connectivity index (χ2v) is 6.80. The van der Waals surface area contributed by atoms with Crippen LogP contribution in [-0.4, -0.2) is 16.0 Å². The van der Waals surface area contributed by atoms with Gasteiger partial charge in [0.25, 0.3) is 0 Å². The van der Waals surface area contributed by atoms with Crippen molar-refractivity contribution >= 4 is 22.7 Å². The Bertz CT molecular complexity index is 593. The molecule has 2 aromatic rings. The van der Waals surface area contributed by atoms with Crippen molar-refractivity contribution in [2.75, 3.05) is 5.75 Å². The van der Waals surface area contributed by atoms with Crippen LogP contribution in [0, 0.1) is 6.92 Å². The van der Waals surface area contributed by atoms with E-state index in [1.807, 2.05) is 18.7 Å². The van der Waals surface area contributed by atoms with Crippen LogP contribution in [0.15, 0.2) is 30.3 Å². The molecular weight excluding hydrogens is 266 g/mol. The topological polar surface area (TPSA) is 50.9 Å². The largest absolute Gasteiger partial charge is 0.271 e. The lowest BCUT2D eigenvalue weighted by molar-refractivity contribution is 0.492. The van der Waals surface area contributed by atoms with Gasteiger partial charge in [0.1, 0.15) is 0 Å². The zero-order valence-corrected chi connectivity index (χ0v) is 12.6. The smallest absolute Gasteiger partial charge is 0.0705 e. The van der Waals surface area contributed by atoms with Crippen molar-refractivity contribution in [1.29, 1.82) is 0 Å². The number of rotatable bonds is 3. The summed E-state index contributed by atoms with van der Waals surface area (Å²) in [4.78, 5) is 4.56. The first kappa shape index (κ1) is 13.9. The highest BCUT2D eigenvalue weighted by molar-refractivity contribution is 8.00. The third-order valence-corrected chi connectivity index (χ3v) is 5.44. The van der Waals surface area contributed by atoms with E-state index in [-0.39, 0.29) is 6.04 Å². The quantitative estimate of drug-likeness (QED) is 0.671. The third-order valence-electron chi connectivity index (χ3n) is 3.98. The fourth-order valence-electron chi connectivity index (χ4n) is 2.89. The van der Waals surface area contributed by atoms with Crippen molar-refractivity contribution < 1.29 is 0 Å². The van der Waals surface area contributed by atoms with Gasteiger partial charge in [-0.2, -0.15) is 11.8 Å². The van der Waals surface area contributed by atoms with E-state index in [0.717, 1.165) is 11.2 Å². The zero-order chi connectivity index (χ0) is 13.9. The summed E-state index contributed by atoms with van der Waals surface area (Å²) in [5.74, 6) is 7.07. The van der Waals surface area contributed by atoms with E-state index in [1.165, 1.54) is 36.0 Å². The summed E-state index contributed by atoms with van der Waals surface area (Å²) in [7, 11) is 0. The van der Waals surface area contributed by atoms with Crippen LogP contribution in [-0.2, 0) is 0 Å². The van der Waals surface area contributed by atoms with Crippen LogP contribution in [0.5, 0.6) is 0 Å². The number of hydrogen-bond donors (Lipinski definition) is 2. The summed E-state index contributed by atoms with van der Waals surface area (Å²) in [5.41, 5.74) is 6.40. The van der Waals surface area contributed by atoms with Gasteiger partial charge >= 0.3 is 0 Å². The van der Waals surface area contributed by atoms with E-state index in [0.29, 0.717) is 5.25 Å². The number of hydrazine groups is 1. The molecule has 1 aliphatic heterocycles. The van der Waals surface area contributed by atoms with Crippen molar-refractivity contribution in [1.82, 2.24) is 10.4 Å². The van der Waals surface area contributed by atoms with Crippen molar-refractivity contribution in [3.63, 3.8) is 0 Å². The van der Waals surface area contributed by atoms with Crippen molar-refractivity contribution in [2.24, 2.45) is 5.84 Å². The van der Waals surface area contributed by atoms with E-state index in [9.17, 15) is 0 Å². The molecule has 1 aliphatic rings. The maximum atomic E-state index is 5.82. The number of nitrogens with one attached hydrogen (secondary N) is 1. The number of aryl methyl sites for hydroxylation is 1. The third kappa shape index (κ3) is 2.82. The number of aromatic nitrogens is 1. The minimum atomic E-state index is 0.228. The lowest BCUT2D eigenvalue weighted by Gasteiger charge is -2.29. The zero-order valence-electron chi connectivity index (χ0n) is 11.8. The first-order valence-electron chi connectivity index (χ1n) is 7.23. The average Bonchev–Trinajstić information content (AvgIpc) is 2.49. The molecule has 1 saturated heterocycles. The fraction of sp³-hybridized carbons (Fsp3) is 0.438. The van der Waals surface area contributed by atoms with E-state index in [2.05, 4.69) is 40.7 Å². The Morgan fingerprint density at radius 2 is 2.20 bits per heavy atom. The molecule has 0 spiro atoms. The number of hydrogen-bond acceptors (Lipinski definition) is 4. The summed E-state index contributed by atoms with van der Waals surface area (Å²) in [6, 6.07) is 10.9. The number of fused-ring (bicyclic) bond motifs is 1. The van der Waals surface area contributed by atoms with Crippen LogP contribution in [0.4, 0.5) is 0 Å². The molecule has 20 heavy (non-hydrogen) atoms. The molecule has 3 rings (SSSR count). The SMILES string of the molecule is Cc1ccc2cc(C(NN)C3CCCCS3)ccc2n1. The highest BCUT2D eigenvalue weighted by atomic mass is 32.2. The summed E-state index contributed by atoms with van der Waals surface area (Å²) in [5, 5.41) is 1.76. The minimum absolute atomic E-state index is 0.228. The first-order chi connectivity index (χ1) is 9.78. The maximum Gasteiger partial charge on any atom is 0.0705 e. The summed E-state index contributed by atoms with van der Waals surface area (Å²) >= 11 is 2.04. The molecule has 0 amide bonds. The molecule has 0 radical (unpaired) electrons. The molecule has 2 unspecified atom stereocenters. The summed E-state index contributed by atoms with van der Waals surface area (Å²) in [6.07, 6.45) is 3.88. The molecule has 1 fully saturated rings. The van der Waals surface area contributed by atoms with E-state index < -0.39 is 0 Å². The van der Waals surface area contributed by atoms with Gasteiger partial charge in [-0.25, -0.2) is 0 Å². The maximum absolute atomic E-state index is 5.82. The van der Waals surface area contributed by atoms with Crippen molar-refractivity contribution in [2.45, 2.75) is 37.5 Å². The van der Waals surface area contributed by atoms with Crippen LogP contribution >= 0.6 is 11.8 Å². The van der Waals surface area contributed by atoms with Crippen LogP contribution in [0.25, 0.3) is 10.9 Å². The second kappa shape index (κ2) is 6.12. The highest BCUT2D eigenvalue weighted by Crippen LogP contribution is 2.35. The number of nitrogens with two attached hydrogens (primary N) is 1. The van der Waals surface area contributed by atoms with Gasteiger partial charge in [-0.15, -0.1) is 0 Å². The Morgan fingerprint density at radius 1 is 1.30 bits per heavy atom. The number of thioether (sulfide) groups is 1. The van der Waals surface area contributed by atoms with Gasteiger partial charge in [-0.3, -0.25) is 16.3 Å². The number of nitrogens with zero attached hydrogens (tertiary/aromatic N) is 1. The molecule has 3 N–H and O–H groups in total. The summed E-state index contributed by atoms with van der Waals surface area (Å²) < 4.78 is 0. The van der Waals surface area contributed by atoms with Crippen molar-refractivity contribution in [3.05, 3.63) is 41.6 Å². The van der Waals surface area contributed by atoms with Crippen LogP contribution < -0.4 is 11.3 Å². The van der Waals surface area contributed by atoms with E-state index in [4.69, 9.17) is 5.84 Å². The van der Waals surface area contributed by atoms with Gasteiger partial charge in [0.2, 0.25) is 0 Å². The van der Waals surface area contributed by atoms with E-state index in [1.54, 1.807) is 0 Å². The molecule has 2 atom stereocenters. The Morgan fingerprint density at radius 3 is 2.95 bits per heavy atom. The summed E-state index contributed by atoms with van der Waals surface area (Å²) in [6.45, 7) is 2.02. The van der Waals surface area contributed by atoms with Gasteiger partial charge in [0.05, 0.1) is 11.6 Å². The molecule has 0 bridgehead atoms. The van der Waals surface area contributed by atoms with Gasteiger partial charge in [0, 0.05) is 16.3 Å². The Hall–Kier alpha value is -1.10. The second-order valence-electron chi connectivity index (χ2n) is 5.45. The number of pyridine rings is 1. The highest BCUT2D eigenvalue weighted by Gasteiger charge is 2.24. The van der Waals surface area contributed by atoms with Gasteiger partial charge in [0.15, 0.2) is 0 Å². The molecule has 4 heteroatoms. The van der Waals surface area contributed by atoms with Gasteiger partial charge in [-0.05, 0) is 49.3 Å². The molecule has 106 valence electrons. The first-order valence-corrected chi connectivity index (χ1v) is 8.28. The van der Waals surface area contributed by atoms with Gasteiger partial charge < -0.3 is 0 Å². The fourth-order valence-corrected chi connectivity index (χ4v) is 4.32. The van der Waals surface area contributed by atoms with E-state index >= 15 is 0 Å². The molecule has 0 aliphatic carbocycles. The number of benzene rings is 1. The Balaban J connectivity index is 1.92. The molecule has 3 nitrogen and oxygen atoms in total. The Labute approximate surface area is 124 Å². The predicted molar refractivity (Wildman–Crippen MR) is 86.6 cm³/mol. The molecule has 0 saturated carbocycles. The lowest BCUT2D eigenvalue weighted by atomic mass is 9.98. The molecule has 2 heterocycles. The predicted octanol–water partition coefficient (Wildman–Crippen LogP) is 3.33. The lowest BCUT2D eigenvalue weighted by Crippen LogP contribution is -2.36. The Kier molecular flexibility index (Phi) is 4.24. The molecule has 1 aromatic carbocycles. The monoisotopic (exact) mass is 287 g/mol. The van der Waals surface area contributed by atoms with Gasteiger partial charge in [-0.1, -0.05) is 18.6 Å². The van der Waals surface area contributed by atoms with Crippen LogP contribution in [0.2, 0.25) is 0 Å². The van der Waals surface area contributed by atoms with Crippen LogP contribution in [0.3, 0.4) is 0 Å². The normalized spacial score (nSPS) is 21.0. The van der Waals surface area contributed by atoms with Crippen LogP contribution in [0.1, 0.15) is 36.6 Å². The molecule has 1 aromatic heterocycles.